The lowest BCUT2D eigenvalue weighted by Gasteiger charge is -2.35. The summed E-state index contributed by atoms with van der Waals surface area (Å²) in [6.07, 6.45) is 1.68. The van der Waals surface area contributed by atoms with Gasteiger partial charge >= 0.3 is 6.03 Å². The van der Waals surface area contributed by atoms with E-state index in [4.69, 9.17) is 4.74 Å². The maximum atomic E-state index is 12.9. The van der Waals surface area contributed by atoms with Gasteiger partial charge in [0.05, 0.1) is 11.3 Å². The van der Waals surface area contributed by atoms with E-state index in [1.54, 1.807) is 23.2 Å². The Morgan fingerprint density at radius 2 is 1.87 bits per heavy atom. The van der Waals surface area contributed by atoms with Gasteiger partial charge in [0, 0.05) is 32.4 Å². The van der Waals surface area contributed by atoms with E-state index < -0.39 is 0 Å². The topological polar surface area (TPSA) is 81.5 Å². The molecule has 1 N–H and O–H groups in total. The number of aromatic nitrogens is 1. The molecule has 1 aromatic heterocycles. The van der Waals surface area contributed by atoms with Gasteiger partial charge in [0.15, 0.2) is 5.75 Å². The summed E-state index contributed by atoms with van der Waals surface area (Å²) in [5.41, 5.74) is 2.26. The van der Waals surface area contributed by atoms with Gasteiger partial charge in [-0.3, -0.25) is 0 Å². The van der Waals surface area contributed by atoms with Crippen molar-refractivity contribution in [3.8, 4) is 17.6 Å². The number of hydrogen-bond acceptors (Lipinski definition) is 5. The lowest BCUT2D eigenvalue weighted by molar-refractivity contribution is 0.208. The van der Waals surface area contributed by atoms with Crippen LogP contribution in [0.15, 0.2) is 66.9 Å². The first-order valence-corrected chi connectivity index (χ1v) is 10.1. The fourth-order valence-electron chi connectivity index (χ4n) is 3.52. The number of aryl methyl sites for hydroxylation is 1. The molecule has 0 saturated carbocycles. The first kappa shape index (κ1) is 20.2. The summed E-state index contributed by atoms with van der Waals surface area (Å²) in [6.45, 7) is 4.30. The van der Waals surface area contributed by atoms with Crippen molar-refractivity contribution in [1.82, 2.24) is 9.88 Å². The predicted octanol–water partition coefficient (Wildman–Crippen LogP) is 4.41. The molecule has 7 heteroatoms. The second-order valence-corrected chi connectivity index (χ2v) is 7.31. The molecule has 4 rings (SSSR count). The fraction of sp³-hybridized carbons (Fsp3) is 0.208. The zero-order chi connectivity index (χ0) is 21.6. The molecule has 2 aromatic carbocycles. The molecule has 1 saturated heterocycles. The van der Waals surface area contributed by atoms with Crippen LogP contribution in [0.3, 0.4) is 0 Å². The van der Waals surface area contributed by atoms with E-state index in [9.17, 15) is 10.1 Å². The predicted molar refractivity (Wildman–Crippen MR) is 119 cm³/mol. The lowest BCUT2D eigenvalue weighted by Crippen LogP contribution is -2.50. The van der Waals surface area contributed by atoms with Gasteiger partial charge in [0.1, 0.15) is 17.6 Å². The highest BCUT2D eigenvalue weighted by atomic mass is 16.5. The molecule has 3 aromatic rings. The summed E-state index contributed by atoms with van der Waals surface area (Å²) < 4.78 is 6.00. The maximum absolute atomic E-state index is 12.9. The lowest BCUT2D eigenvalue weighted by atomic mass is 10.2. The normalized spacial score (nSPS) is 13.4. The Hall–Kier alpha value is -4.05. The van der Waals surface area contributed by atoms with Crippen molar-refractivity contribution in [3.63, 3.8) is 0 Å². The zero-order valence-corrected chi connectivity index (χ0v) is 17.3. The highest BCUT2D eigenvalue weighted by molar-refractivity contribution is 5.91. The van der Waals surface area contributed by atoms with Gasteiger partial charge in [0.2, 0.25) is 0 Å². The highest BCUT2D eigenvalue weighted by Gasteiger charge is 2.24. The second-order valence-electron chi connectivity index (χ2n) is 7.31. The molecule has 1 fully saturated rings. The summed E-state index contributed by atoms with van der Waals surface area (Å²) in [4.78, 5) is 21.0. The number of pyridine rings is 1. The molecule has 1 aliphatic rings. The molecule has 0 atom stereocenters. The van der Waals surface area contributed by atoms with E-state index in [0.717, 1.165) is 11.3 Å². The van der Waals surface area contributed by atoms with Gasteiger partial charge < -0.3 is 19.9 Å². The molecule has 0 aliphatic carbocycles. The fourth-order valence-corrected chi connectivity index (χ4v) is 3.52. The van der Waals surface area contributed by atoms with Crippen molar-refractivity contribution < 1.29 is 9.53 Å². The van der Waals surface area contributed by atoms with E-state index >= 15 is 0 Å². The Morgan fingerprint density at radius 3 is 2.65 bits per heavy atom. The Bertz CT molecular complexity index is 1120. The summed E-state index contributed by atoms with van der Waals surface area (Å²) in [7, 11) is 0. The quantitative estimate of drug-likeness (QED) is 0.685. The van der Waals surface area contributed by atoms with Crippen LogP contribution in [0.4, 0.5) is 16.3 Å². The van der Waals surface area contributed by atoms with Gasteiger partial charge in [-0.05, 0) is 48.9 Å². The van der Waals surface area contributed by atoms with Gasteiger partial charge in [-0.15, -0.1) is 0 Å². The number of rotatable bonds is 4. The summed E-state index contributed by atoms with van der Waals surface area (Å²) in [6, 6.07) is 20.7. The third kappa shape index (κ3) is 4.75. The largest absolute Gasteiger partial charge is 0.455 e. The van der Waals surface area contributed by atoms with Crippen LogP contribution in [-0.4, -0.2) is 42.1 Å². The SMILES string of the molecule is Cc1cccc(Oc2ccccc2NC(=O)N2CCN(c3ncccc3C#N)CC2)c1. The van der Waals surface area contributed by atoms with Crippen molar-refractivity contribution in [2.45, 2.75) is 6.92 Å². The summed E-state index contributed by atoms with van der Waals surface area (Å²) in [5.74, 6) is 1.98. The number of ether oxygens (including phenoxy) is 1. The Kier molecular flexibility index (Phi) is 5.99. The van der Waals surface area contributed by atoms with Crippen LogP contribution in [0.5, 0.6) is 11.5 Å². The molecule has 0 radical (unpaired) electrons. The number of anilines is 2. The second kappa shape index (κ2) is 9.18. The third-order valence-electron chi connectivity index (χ3n) is 5.12. The molecule has 0 spiro atoms. The molecule has 2 amide bonds. The molecule has 0 unspecified atom stereocenters. The van der Waals surface area contributed by atoms with Gasteiger partial charge in [-0.25, -0.2) is 9.78 Å². The number of amides is 2. The van der Waals surface area contributed by atoms with Crippen LogP contribution in [0.2, 0.25) is 0 Å². The van der Waals surface area contributed by atoms with Crippen molar-refractivity contribution in [1.29, 1.82) is 5.26 Å². The number of para-hydroxylation sites is 2. The van der Waals surface area contributed by atoms with Gasteiger partial charge in [-0.1, -0.05) is 24.3 Å². The smallest absolute Gasteiger partial charge is 0.322 e. The number of benzene rings is 2. The van der Waals surface area contributed by atoms with Crippen LogP contribution in [0.25, 0.3) is 0 Å². The number of piperazine rings is 1. The molecule has 0 bridgehead atoms. The van der Waals surface area contributed by atoms with Crippen LogP contribution in [-0.2, 0) is 0 Å². The summed E-state index contributed by atoms with van der Waals surface area (Å²) in [5, 5.41) is 12.3. The van der Waals surface area contributed by atoms with E-state index in [-0.39, 0.29) is 6.03 Å². The first-order valence-electron chi connectivity index (χ1n) is 10.1. The molecular weight excluding hydrogens is 390 g/mol. The van der Waals surface area contributed by atoms with E-state index in [1.165, 1.54) is 0 Å². The number of urea groups is 1. The summed E-state index contributed by atoms with van der Waals surface area (Å²) >= 11 is 0. The zero-order valence-electron chi connectivity index (χ0n) is 17.3. The number of carbonyl (C=O) groups excluding carboxylic acids is 1. The Labute approximate surface area is 181 Å². The molecule has 156 valence electrons. The molecule has 31 heavy (non-hydrogen) atoms. The molecule has 7 nitrogen and oxygen atoms in total. The van der Waals surface area contributed by atoms with E-state index in [1.807, 2.05) is 60.4 Å². The number of carbonyl (C=O) groups is 1. The number of hydrogen-bond donors (Lipinski definition) is 1. The van der Waals surface area contributed by atoms with Crippen molar-refractivity contribution >= 4 is 17.5 Å². The van der Waals surface area contributed by atoms with E-state index in [0.29, 0.717) is 49.0 Å². The number of nitriles is 1. The van der Waals surface area contributed by atoms with Crippen molar-refractivity contribution in [2.75, 3.05) is 36.4 Å². The van der Waals surface area contributed by atoms with Crippen LogP contribution in [0, 0.1) is 18.3 Å². The maximum Gasteiger partial charge on any atom is 0.322 e. The van der Waals surface area contributed by atoms with Gasteiger partial charge in [0.25, 0.3) is 0 Å². The Balaban J connectivity index is 1.40. The van der Waals surface area contributed by atoms with Crippen molar-refractivity contribution in [2.24, 2.45) is 0 Å². The van der Waals surface area contributed by atoms with Crippen LogP contribution in [0.1, 0.15) is 11.1 Å². The average Bonchev–Trinajstić information content (AvgIpc) is 2.80. The van der Waals surface area contributed by atoms with Crippen LogP contribution < -0.4 is 15.0 Å². The minimum atomic E-state index is -0.179. The third-order valence-corrected chi connectivity index (χ3v) is 5.12. The Morgan fingerprint density at radius 1 is 1.06 bits per heavy atom. The van der Waals surface area contributed by atoms with Crippen LogP contribution >= 0.6 is 0 Å². The number of nitrogens with one attached hydrogen (secondary N) is 1. The molecule has 2 heterocycles. The average molecular weight is 413 g/mol. The minimum absolute atomic E-state index is 0.179. The number of nitrogens with zero attached hydrogens (tertiary/aromatic N) is 4. The van der Waals surface area contributed by atoms with E-state index in [2.05, 4.69) is 16.4 Å². The molecular formula is C24H23N5O2. The standard InChI is InChI=1S/C24H23N5O2/c1-18-6-4-8-20(16-18)31-22-10-3-2-9-21(22)27-24(30)29-14-12-28(13-15-29)23-19(17-25)7-5-11-26-23/h2-11,16H,12-15H2,1H3,(H,27,30). The van der Waals surface area contributed by atoms with Gasteiger partial charge in [-0.2, -0.15) is 5.26 Å². The first-order chi connectivity index (χ1) is 15.1. The molecule has 1 aliphatic heterocycles. The monoisotopic (exact) mass is 413 g/mol. The minimum Gasteiger partial charge on any atom is -0.455 e. The van der Waals surface area contributed by atoms with Crippen molar-refractivity contribution in [3.05, 3.63) is 78.0 Å². The highest BCUT2D eigenvalue weighted by Crippen LogP contribution is 2.30.